The van der Waals surface area contributed by atoms with Crippen molar-refractivity contribution >= 4 is 21.6 Å². The Kier molecular flexibility index (Phi) is 7.67. The number of carbonyl (C=O) groups is 1. The van der Waals surface area contributed by atoms with Gasteiger partial charge < -0.3 is 10.1 Å². The van der Waals surface area contributed by atoms with Crippen LogP contribution < -0.4 is 14.4 Å². The summed E-state index contributed by atoms with van der Waals surface area (Å²) in [5, 5.41) is 2.79. The number of hydrogen-bond acceptors (Lipinski definition) is 4. The zero-order chi connectivity index (χ0) is 21.6. The predicted octanol–water partition coefficient (Wildman–Crippen LogP) is 3.35. The number of ether oxygens (including phenoxy) is 1. The molecule has 0 aromatic heterocycles. The summed E-state index contributed by atoms with van der Waals surface area (Å²) < 4.78 is 31.8. The first-order valence-corrected chi connectivity index (χ1v) is 11.5. The van der Waals surface area contributed by atoms with Crippen LogP contribution in [0.25, 0.3) is 0 Å². The van der Waals surface area contributed by atoms with Gasteiger partial charge in [0.2, 0.25) is 15.9 Å². The van der Waals surface area contributed by atoms with Crippen molar-refractivity contribution < 1.29 is 17.9 Å². The molecule has 0 radical (unpaired) electrons. The van der Waals surface area contributed by atoms with Gasteiger partial charge in [0, 0.05) is 0 Å². The van der Waals surface area contributed by atoms with E-state index in [2.05, 4.69) is 5.32 Å². The van der Waals surface area contributed by atoms with Gasteiger partial charge in [-0.25, -0.2) is 8.42 Å². The van der Waals surface area contributed by atoms with E-state index in [4.69, 9.17) is 4.74 Å². The summed E-state index contributed by atoms with van der Waals surface area (Å²) in [5.74, 6) is 0.383. The Balaban J connectivity index is 2.07. The number of nitrogens with one attached hydrogen (secondary N) is 1. The lowest BCUT2D eigenvalue weighted by molar-refractivity contribution is -0.122. The quantitative estimate of drug-likeness (QED) is 0.634. The van der Waals surface area contributed by atoms with E-state index >= 15 is 0 Å². The number of anilines is 1. The molecule has 158 valence electrons. The van der Waals surface area contributed by atoms with Crippen molar-refractivity contribution in [3.05, 3.63) is 59.2 Å². The third kappa shape index (κ3) is 6.22. The highest BCUT2D eigenvalue weighted by Crippen LogP contribution is 2.25. The number of hydrogen-bond donors (Lipinski definition) is 1. The fourth-order valence-corrected chi connectivity index (χ4v) is 4.22. The lowest BCUT2D eigenvalue weighted by Gasteiger charge is -2.30. The standard InChI is InChI=1S/C22H30N2O4S/c1-6-21(22(25)23-13-14-28-20-11-7-16(2)8-12-20)24(29(5,26)27)19-10-9-17(3)18(4)15-19/h7-12,15,21H,6,13-14H2,1-5H3,(H,23,25)/t21-/m1/s1. The van der Waals surface area contributed by atoms with Crippen molar-refractivity contribution in [2.45, 2.75) is 40.2 Å². The van der Waals surface area contributed by atoms with E-state index in [1.54, 1.807) is 19.1 Å². The zero-order valence-corrected chi connectivity index (χ0v) is 18.5. The molecule has 1 amide bonds. The second-order valence-corrected chi connectivity index (χ2v) is 9.06. The molecule has 29 heavy (non-hydrogen) atoms. The van der Waals surface area contributed by atoms with Gasteiger partial charge in [-0.1, -0.05) is 30.7 Å². The molecule has 0 aliphatic heterocycles. The lowest BCUT2D eigenvalue weighted by atomic mass is 10.1. The van der Waals surface area contributed by atoms with Gasteiger partial charge in [-0.15, -0.1) is 0 Å². The smallest absolute Gasteiger partial charge is 0.244 e. The molecule has 0 spiro atoms. The molecule has 1 N–H and O–H groups in total. The van der Waals surface area contributed by atoms with Crippen molar-refractivity contribution in [2.24, 2.45) is 0 Å². The normalized spacial score (nSPS) is 12.3. The monoisotopic (exact) mass is 418 g/mol. The number of carbonyl (C=O) groups excluding carboxylic acids is 1. The van der Waals surface area contributed by atoms with Crippen molar-refractivity contribution in [3.8, 4) is 5.75 Å². The van der Waals surface area contributed by atoms with Crippen LogP contribution in [0.5, 0.6) is 5.75 Å². The van der Waals surface area contributed by atoms with Crippen LogP contribution in [0.4, 0.5) is 5.69 Å². The van der Waals surface area contributed by atoms with Crippen LogP contribution >= 0.6 is 0 Å². The fourth-order valence-electron chi connectivity index (χ4n) is 3.02. The minimum Gasteiger partial charge on any atom is -0.492 e. The van der Waals surface area contributed by atoms with Gasteiger partial charge in [-0.2, -0.15) is 0 Å². The number of aryl methyl sites for hydroxylation is 3. The second kappa shape index (κ2) is 9.78. The van der Waals surface area contributed by atoms with E-state index in [0.717, 1.165) is 28.7 Å². The molecule has 0 bridgehead atoms. The molecule has 2 aromatic carbocycles. The van der Waals surface area contributed by atoms with Crippen LogP contribution in [-0.2, 0) is 14.8 Å². The molecular formula is C22H30N2O4S. The Morgan fingerprint density at radius 1 is 1.07 bits per heavy atom. The molecule has 0 fully saturated rings. The molecule has 0 saturated heterocycles. The first kappa shape index (κ1) is 22.7. The number of benzene rings is 2. The Morgan fingerprint density at radius 2 is 1.72 bits per heavy atom. The van der Waals surface area contributed by atoms with Crippen molar-refractivity contribution in [1.29, 1.82) is 0 Å². The molecule has 0 unspecified atom stereocenters. The highest BCUT2D eigenvalue weighted by atomic mass is 32.2. The fraction of sp³-hybridized carbons (Fsp3) is 0.409. The number of amides is 1. The molecular weight excluding hydrogens is 388 g/mol. The van der Waals surface area contributed by atoms with E-state index in [0.29, 0.717) is 18.7 Å². The first-order valence-electron chi connectivity index (χ1n) is 9.67. The third-order valence-electron chi connectivity index (χ3n) is 4.77. The predicted molar refractivity (Wildman–Crippen MR) is 117 cm³/mol. The van der Waals surface area contributed by atoms with Crippen molar-refractivity contribution in [2.75, 3.05) is 23.7 Å². The number of rotatable bonds is 9. The van der Waals surface area contributed by atoms with E-state index in [9.17, 15) is 13.2 Å². The average Bonchev–Trinajstić information content (AvgIpc) is 2.66. The van der Waals surface area contributed by atoms with E-state index in [1.165, 1.54) is 4.31 Å². The van der Waals surface area contributed by atoms with E-state index < -0.39 is 16.1 Å². The van der Waals surface area contributed by atoms with Gasteiger partial charge in [0.15, 0.2) is 0 Å². The van der Waals surface area contributed by atoms with Crippen molar-refractivity contribution in [3.63, 3.8) is 0 Å². The maximum Gasteiger partial charge on any atom is 0.244 e. The lowest BCUT2D eigenvalue weighted by Crippen LogP contribution is -2.50. The Labute approximate surface area is 173 Å². The third-order valence-corrected chi connectivity index (χ3v) is 5.95. The SMILES string of the molecule is CC[C@H](C(=O)NCCOc1ccc(C)cc1)N(c1ccc(C)c(C)c1)S(C)(=O)=O. The van der Waals surface area contributed by atoms with Gasteiger partial charge in [-0.05, 0) is 62.6 Å². The summed E-state index contributed by atoms with van der Waals surface area (Å²) in [6.07, 6.45) is 1.48. The minimum absolute atomic E-state index is 0.285. The molecule has 1 atom stereocenters. The van der Waals surface area contributed by atoms with Gasteiger partial charge in [0.1, 0.15) is 18.4 Å². The Hall–Kier alpha value is -2.54. The summed E-state index contributed by atoms with van der Waals surface area (Å²) in [5.41, 5.74) is 3.67. The molecule has 2 aromatic rings. The number of nitrogens with zero attached hydrogens (tertiary/aromatic N) is 1. The summed E-state index contributed by atoms with van der Waals surface area (Å²) in [7, 11) is -3.64. The van der Waals surface area contributed by atoms with Crippen LogP contribution in [0.3, 0.4) is 0 Å². The topological polar surface area (TPSA) is 75.7 Å². The molecule has 7 heteroatoms. The van der Waals surface area contributed by atoms with E-state index in [1.807, 2.05) is 51.1 Å². The highest BCUT2D eigenvalue weighted by molar-refractivity contribution is 7.92. The van der Waals surface area contributed by atoms with Crippen molar-refractivity contribution in [1.82, 2.24) is 5.32 Å². The molecule has 0 saturated carbocycles. The van der Waals surface area contributed by atoms with Crippen LogP contribution in [0.1, 0.15) is 30.0 Å². The largest absolute Gasteiger partial charge is 0.492 e. The Morgan fingerprint density at radius 3 is 2.28 bits per heavy atom. The maximum absolute atomic E-state index is 12.8. The van der Waals surface area contributed by atoms with Gasteiger partial charge in [-0.3, -0.25) is 9.10 Å². The Bertz CT molecular complexity index is 940. The highest BCUT2D eigenvalue weighted by Gasteiger charge is 2.31. The summed E-state index contributed by atoms with van der Waals surface area (Å²) in [6, 6.07) is 12.2. The van der Waals surface area contributed by atoms with Gasteiger partial charge in [0.05, 0.1) is 18.5 Å². The minimum atomic E-state index is -3.64. The zero-order valence-electron chi connectivity index (χ0n) is 17.7. The first-order chi connectivity index (χ1) is 13.6. The molecule has 0 heterocycles. The van der Waals surface area contributed by atoms with E-state index in [-0.39, 0.29) is 12.5 Å². The summed E-state index contributed by atoms with van der Waals surface area (Å²) >= 11 is 0. The van der Waals surface area contributed by atoms with Gasteiger partial charge >= 0.3 is 0 Å². The summed E-state index contributed by atoms with van der Waals surface area (Å²) in [6.45, 7) is 8.26. The second-order valence-electron chi connectivity index (χ2n) is 7.20. The van der Waals surface area contributed by atoms with Crippen LogP contribution in [-0.4, -0.2) is 39.8 Å². The molecule has 2 rings (SSSR count). The van der Waals surface area contributed by atoms with Gasteiger partial charge in [0.25, 0.3) is 0 Å². The molecule has 0 aliphatic rings. The molecule has 0 aliphatic carbocycles. The summed E-state index contributed by atoms with van der Waals surface area (Å²) in [4.78, 5) is 12.8. The van der Waals surface area contributed by atoms with Crippen LogP contribution in [0.2, 0.25) is 0 Å². The average molecular weight is 419 g/mol. The van der Waals surface area contributed by atoms with Crippen LogP contribution in [0, 0.1) is 20.8 Å². The number of sulfonamides is 1. The molecule has 6 nitrogen and oxygen atoms in total. The maximum atomic E-state index is 12.8. The van der Waals surface area contributed by atoms with Crippen LogP contribution in [0.15, 0.2) is 42.5 Å².